The first-order valence-corrected chi connectivity index (χ1v) is 12.4. The second-order valence-electron chi connectivity index (χ2n) is 9.70. The second kappa shape index (κ2) is 11.1. The number of allylic oxidation sites excluding steroid dienone is 1. The molecule has 0 radical (unpaired) electrons. The van der Waals surface area contributed by atoms with E-state index in [2.05, 4.69) is 36.1 Å². The van der Waals surface area contributed by atoms with Crippen molar-refractivity contribution in [1.29, 1.82) is 0 Å². The summed E-state index contributed by atoms with van der Waals surface area (Å²) < 4.78 is 18.8. The molecule has 0 N–H and O–H groups in total. The highest BCUT2D eigenvalue weighted by atomic mass is 19.1. The van der Waals surface area contributed by atoms with Crippen molar-refractivity contribution in [2.24, 2.45) is 11.8 Å². The van der Waals surface area contributed by atoms with Gasteiger partial charge in [-0.1, -0.05) is 55.7 Å². The Kier molecular flexibility index (Phi) is 7.97. The molecule has 1 aliphatic heterocycles. The van der Waals surface area contributed by atoms with Crippen molar-refractivity contribution in [2.45, 2.75) is 57.4 Å². The molecule has 2 aromatic carbocycles. The van der Waals surface area contributed by atoms with Crippen LogP contribution in [0.1, 0.15) is 56.1 Å². The standard InChI is InChI=1S/C29H36FNO2/c1-21-29(32)28(19-22-10-14-25(30)15-11-22)27(24-12-16-26(33-2)17-13-24)9-6-18-31(21)20-23-7-4-3-5-8-23/h6,9-17,21,23,27-28H,3-5,7-8,18-20H2,1-2H3/b9-6-/t21-,27-,28-/m0/s1. The summed E-state index contributed by atoms with van der Waals surface area (Å²) in [4.78, 5) is 16.3. The highest BCUT2D eigenvalue weighted by molar-refractivity contribution is 5.87. The van der Waals surface area contributed by atoms with E-state index in [1.54, 1.807) is 19.2 Å². The van der Waals surface area contributed by atoms with Crippen LogP contribution in [0.25, 0.3) is 0 Å². The van der Waals surface area contributed by atoms with Crippen LogP contribution in [0.5, 0.6) is 5.75 Å². The van der Waals surface area contributed by atoms with E-state index >= 15 is 0 Å². The molecule has 0 saturated heterocycles. The minimum atomic E-state index is -0.249. The molecule has 0 aromatic heterocycles. The Bertz CT molecular complexity index is 931. The summed E-state index contributed by atoms with van der Waals surface area (Å²) in [5.74, 6) is 1.30. The van der Waals surface area contributed by atoms with Crippen LogP contribution >= 0.6 is 0 Å². The molecule has 0 amide bonds. The molecule has 2 aliphatic rings. The summed E-state index contributed by atoms with van der Waals surface area (Å²) >= 11 is 0. The first-order chi connectivity index (χ1) is 16.0. The van der Waals surface area contributed by atoms with E-state index < -0.39 is 0 Å². The third-order valence-electron chi connectivity index (χ3n) is 7.53. The monoisotopic (exact) mass is 449 g/mol. The fourth-order valence-corrected chi connectivity index (χ4v) is 5.51. The summed E-state index contributed by atoms with van der Waals surface area (Å²) in [6, 6.07) is 14.5. The molecule has 1 fully saturated rings. The molecule has 3 atom stereocenters. The summed E-state index contributed by atoms with van der Waals surface area (Å²) in [5.41, 5.74) is 2.11. The molecule has 4 heteroatoms. The minimum absolute atomic E-state index is 0.0206. The molecule has 2 aromatic rings. The van der Waals surface area contributed by atoms with Gasteiger partial charge in [-0.2, -0.15) is 0 Å². The lowest BCUT2D eigenvalue weighted by molar-refractivity contribution is -0.128. The summed E-state index contributed by atoms with van der Waals surface area (Å²) in [6.07, 6.45) is 11.6. The van der Waals surface area contributed by atoms with Gasteiger partial charge in [-0.3, -0.25) is 9.69 Å². The lowest BCUT2D eigenvalue weighted by atomic mass is 9.76. The molecule has 176 valence electrons. The number of ether oxygens (including phenoxy) is 1. The Morgan fingerprint density at radius 1 is 1.00 bits per heavy atom. The van der Waals surface area contributed by atoms with Gasteiger partial charge in [0.1, 0.15) is 11.6 Å². The van der Waals surface area contributed by atoms with Gasteiger partial charge in [0.05, 0.1) is 13.2 Å². The number of carbonyl (C=O) groups is 1. The number of halogens is 1. The fourth-order valence-electron chi connectivity index (χ4n) is 5.51. The van der Waals surface area contributed by atoms with Gasteiger partial charge in [0.2, 0.25) is 0 Å². The van der Waals surface area contributed by atoms with Crippen molar-refractivity contribution in [3.05, 3.63) is 77.6 Å². The minimum Gasteiger partial charge on any atom is -0.497 e. The zero-order valence-electron chi connectivity index (χ0n) is 19.9. The maximum atomic E-state index is 14.0. The van der Waals surface area contributed by atoms with Crippen molar-refractivity contribution in [1.82, 2.24) is 4.90 Å². The smallest absolute Gasteiger partial charge is 0.154 e. The van der Waals surface area contributed by atoms with Crippen molar-refractivity contribution in [2.75, 3.05) is 20.2 Å². The summed E-state index contributed by atoms with van der Waals surface area (Å²) in [7, 11) is 1.66. The number of nitrogens with zero attached hydrogens (tertiary/aromatic N) is 1. The molecule has 1 aliphatic carbocycles. The number of hydrogen-bond acceptors (Lipinski definition) is 3. The normalized spacial score (nSPS) is 25.9. The molecule has 4 rings (SSSR count). The van der Waals surface area contributed by atoms with E-state index in [1.807, 2.05) is 12.1 Å². The van der Waals surface area contributed by atoms with Gasteiger partial charge in [-0.15, -0.1) is 0 Å². The lowest BCUT2D eigenvalue weighted by Crippen LogP contribution is -2.47. The zero-order valence-corrected chi connectivity index (χ0v) is 19.9. The van der Waals surface area contributed by atoms with Crippen LogP contribution in [0.15, 0.2) is 60.7 Å². The first-order valence-electron chi connectivity index (χ1n) is 12.4. The van der Waals surface area contributed by atoms with E-state index in [-0.39, 0.29) is 29.5 Å². The third kappa shape index (κ3) is 5.92. The maximum absolute atomic E-state index is 14.0. The number of carbonyl (C=O) groups excluding carboxylic acids is 1. The second-order valence-corrected chi connectivity index (χ2v) is 9.70. The lowest BCUT2D eigenvalue weighted by Gasteiger charge is -2.37. The number of hydrogen-bond donors (Lipinski definition) is 0. The molecule has 0 unspecified atom stereocenters. The highest BCUT2D eigenvalue weighted by Gasteiger charge is 2.35. The van der Waals surface area contributed by atoms with E-state index in [1.165, 1.54) is 44.2 Å². The maximum Gasteiger partial charge on any atom is 0.154 e. The van der Waals surface area contributed by atoms with E-state index in [0.717, 1.165) is 30.0 Å². The van der Waals surface area contributed by atoms with Gasteiger partial charge in [0.15, 0.2) is 5.78 Å². The summed E-state index contributed by atoms with van der Waals surface area (Å²) in [5, 5.41) is 0. The van der Waals surface area contributed by atoms with Crippen molar-refractivity contribution in [3.8, 4) is 5.75 Å². The molecule has 3 nitrogen and oxygen atoms in total. The molecule has 33 heavy (non-hydrogen) atoms. The van der Waals surface area contributed by atoms with Crippen LogP contribution in [-0.2, 0) is 11.2 Å². The average Bonchev–Trinajstić information content (AvgIpc) is 2.85. The number of methoxy groups -OCH3 is 1. The van der Waals surface area contributed by atoms with Gasteiger partial charge in [0.25, 0.3) is 0 Å². The molecule has 0 bridgehead atoms. The third-order valence-corrected chi connectivity index (χ3v) is 7.53. The molecule has 1 saturated carbocycles. The first kappa shape index (κ1) is 23.7. The van der Waals surface area contributed by atoms with Crippen LogP contribution < -0.4 is 4.74 Å². The SMILES string of the molecule is COc1ccc([C@@H]2/C=C\CN(CC3CCCCC3)[C@@H](C)C(=O)[C@H]2Cc2ccc(F)cc2)cc1. The Balaban J connectivity index is 1.63. The Labute approximate surface area is 197 Å². The average molecular weight is 450 g/mol. The van der Waals surface area contributed by atoms with Gasteiger partial charge in [-0.05, 0) is 67.5 Å². The number of ketones is 1. The largest absolute Gasteiger partial charge is 0.497 e. The van der Waals surface area contributed by atoms with Gasteiger partial charge >= 0.3 is 0 Å². The number of rotatable bonds is 6. The van der Waals surface area contributed by atoms with Crippen molar-refractivity contribution in [3.63, 3.8) is 0 Å². The Hall–Kier alpha value is -2.46. The zero-order chi connectivity index (χ0) is 23.2. The van der Waals surface area contributed by atoms with Gasteiger partial charge in [-0.25, -0.2) is 4.39 Å². The quantitative estimate of drug-likeness (QED) is 0.493. The molecular formula is C29H36FNO2. The summed E-state index contributed by atoms with van der Waals surface area (Å²) in [6.45, 7) is 3.88. The molecule has 1 heterocycles. The number of benzene rings is 2. The van der Waals surface area contributed by atoms with Crippen molar-refractivity contribution >= 4 is 5.78 Å². The fraction of sp³-hybridized carbons (Fsp3) is 0.483. The van der Waals surface area contributed by atoms with Crippen LogP contribution in [0.2, 0.25) is 0 Å². The van der Waals surface area contributed by atoms with E-state index in [0.29, 0.717) is 12.3 Å². The van der Waals surface area contributed by atoms with Crippen LogP contribution in [0, 0.1) is 17.7 Å². The van der Waals surface area contributed by atoms with Crippen LogP contribution in [0.4, 0.5) is 4.39 Å². The highest BCUT2D eigenvalue weighted by Crippen LogP contribution is 2.34. The predicted molar refractivity (Wildman–Crippen MR) is 131 cm³/mol. The predicted octanol–water partition coefficient (Wildman–Crippen LogP) is 6.19. The Morgan fingerprint density at radius 3 is 2.36 bits per heavy atom. The Morgan fingerprint density at radius 2 is 1.70 bits per heavy atom. The van der Waals surface area contributed by atoms with E-state index in [9.17, 15) is 9.18 Å². The van der Waals surface area contributed by atoms with E-state index in [4.69, 9.17) is 4.74 Å². The molecule has 0 spiro atoms. The molecular weight excluding hydrogens is 413 g/mol. The van der Waals surface area contributed by atoms with Gasteiger partial charge in [0, 0.05) is 24.9 Å². The topological polar surface area (TPSA) is 29.5 Å². The van der Waals surface area contributed by atoms with Gasteiger partial charge < -0.3 is 4.74 Å². The van der Waals surface area contributed by atoms with Crippen LogP contribution in [-0.4, -0.2) is 36.9 Å². The van der Waals surface area contributed by atoms with Crippen molar-refractivity contribution < 1.29 is 13.9 Å². The number of Topliss-reactive ketones (excluding diaryl/α,β-unsaturated/α-hetero) is 1. The van der Waals surface area contributed by atoms with Crippen LogP contribution in [0.3, 0.4) is 0 Å².